The predicted octanol–water partition coefficient (Wildman–Crippen LogP) is 1.73. The summed E-state index contributed by atoms with van der Waals surface area (Å²) in [5.74, 6) is 1.63. The second-order valence-electron chi connectivity index (χ2n) is 5.70. The Labute approximate surface area is 106 Å². The molecule has 1 N–H and O–H groups in total. The molecule has 100 valence electrons. The maximum absolute atomic E-state index is 5.42. The van der Waals surface area contributed by atoms with Crippen LogP contribution in [0.15, 0.2) is 0 Å². The van der Waals surface area contributed by atoms with E-state index in [1.807, 2.05) is 0 Å². The summed E-state index contributed by atoms with van der Waals surface area (Å²) in [4.78, 5) is 2.56. The van der Waals surface area contributed by atoms with Crippen LogP contribution in [0.25, 0.3) is 0 Å². The number of rotatable bonds is 5. The standard InChI is InChI=1S/C14H28N2O/c1-3-16-7-4-14(5-8-16)12(2)15-10-13-6-9-17-11-13/h12-15H,3-11H2,1-2H3. The summed E-state index contributed by atoms with van der Waals surface area (Å²) in [6, 6.07) is 0.676. The smallest absolute Gasteiger partial charge is 0.0507 e. The highest BCUT2D eigenvalue weighted by Gasteiger charge is 2.24. The second-order valence-corrected chi connectivity index (χ2v) is 5.70. The van der Waals surface area contributed by atoms with Crippen LogP contribution in [-0.4, -0.2) is 50.3 Å². The van der Waals surface area contributed by atoms with Crippen molar-refractivity contribution >= 4 is 0 Å². The van der Waals surface area contributed by atoms with Crippen LogP contribution in [0, 0.1) is 11.8 Å². The number of ether oxygens (including phenoxy) is 1. The van der Waals surface area contributed by atoms with E-state index in [2.05, 4.69) is 24.1 Å². The van der Waals surface area contributed by atoms with Crippen molar-refractivity contribution < 1.29 is 4.74 Å². The number of nitrogens with one attached hydrogen (secondary N) is 1. The molecule has 2 fully saturated rings. The van der Waals surface area contributed by atoms with Crippen molar-refractivity contribution in [2.75, 3.05) is 39.4 Å². The average Bonchev–Trinajstić information content (AvgIpc) is 2.89. The summed E-state index contributed by atoms with van der Waals surface area (Å²) in [5.41, 5.74) is 0. The minimum atomic E-state index is 0.676. The molecule has 0 aliphatic carbocycles. The molecule has 2 aliphatic heterocycles. The maximum Gasteiger partial charge on any atom is 0.0507 e. The van der Waals surface area contributed by atoms with Gasteiger partial charge in [0, 0.05) is 19.2 Å². The lowest BCUT2D eigenvalue weighted by Crippen LogP contribution is -2.43. The summed E-state index contributed by atoms with van der Waals surface area (Å²) >= 11 is 0. The van der Waals surface area contributed by atoms with Crippen molar-refractivity contribution in [2.45, 2.75) is 39.2 Å². The highest BCUT2D eigenvalue weighted by Crippen LogP contribution is 2.21. The molecular formula is C14H28N2O. The van der Waals surface area contributed by atoms with E-state index in [1.165, 1.54) is 38.9 Å². The maximum atomic E-state index is 5.42. The first-order valence-electron chi connectivity index (χ1n) is 7.33. The van der Waals surface area contributed by atoms with Gasteiger partial charge in [0.05, 0.1) is 6.61 Å². The van der Waals surface area contributed by atoms with Gasteiger partial charge in [-0.3, -0.25) is 0 Å². The van der Waals surface area contributed by atoms with Gasteiger partial charge >= 0.3 is 0 Å². The monoisotopic (exact) mass is 240 g/mol. The van der Waals surface area contributed by atoms with Gasteiger partial charge in [-0.05, 0) is 57.7 Å². The number of hydrogen-bond acceptors (Lipinski definition) is 3. The first kappa shape index (κ1) is 13.3. The lowest BCUT2D eigenvalue weighted by atomic mass is 9.90. The van der Waals surface area contributed by atoms with Crippen LogP contribution in [0.4, 0.5) is 0 Å². The van der Waals surface area contributed by atoms with E-state index in [1.54, 1.807) is 0 Å². The summed E-state index contributed by atoms with van der Waals surface area (Å²) in [6.07, 6.45) is 3.97. The Kier molecular flexibility index (Phi) is 5.26. The zero-order chi connectivity index (χ0) is 12.1. The molecule has 0 bridgehead atoms. The molecule has 3 heteroatoms. The van der Waals surface area contributed by atoms with Crippen molar-refractivity contribution in [2.24, 2.45) is 11.8 Å². The molecule has 2 heterocycles. The Morgan fingerprint density at radius 2 is 2.06 bits per heavy atom. The van der Waals surface area contributed by atoms with Crippen LogP contribution in [0.5, 0.6) is 0 Å². The third-order valence-electron chi connectivity index (χ3n) is 4.54. The largest absolute Gasteiger partial charge is 0.381 e. The first-order valence-corrected chi connectivity index (χ1v) is 7.33. The molecule has 2 aliphatic rings. The van der Waals surface area contributed by atoms with Gasteiger partial charge in [0.2, 0.25) is 0 Å². The Bertz CT molecular complexity index is 208. The van der Waals surface area contributed by atoms with E-state index >= 15 is 0 Å². The van der Waals surface area contributed by atoms with Gasteiger partial charge in [-0.15, -0.1) is 0 Å². The summed E-state index contributed by atoms with van der Waals surface area (Å²) < 4.78 is 5.42. The van der Waals surface area contributed by atoms with Crippen molar-refractivity contribution in [1.29, 1.82) is 0 Å². The van der Waals surface area contributed by atoms with E-state index in [4.69, 9.17) is 4.74 Å². The van der Waals surface area contributed by atoms with E-state index < -0.39 is 0 Å². The zero-order valence-electron chi connectivity index (χ0n) is 11.5. The Morgan fingerprint density at radius 3 is 2.65 bits per heavy atom. The fourth-order valence-electron chi connectivity index (χ4n) is 3.03. The molecule has 2 saturated heterocycles. The summed E-state index contributed by atoms with van der Waals surface area (Å²) in [5, 5.41) is 3.73. The highest BCUT2D eigenvalue weighted by molar-refractivity contribution is 4.80. The van der Waals surface area contributed by atoms with Crippen molar-refractivity contribution in [1.82, 2.24) is 10.2 Å². The average molecular weight is 240 g/mol. The number of piperidine rings is 1. The summed E-state index contributed by atoms with van der Waals surface area (Å²) in [7, 11) is 0. The molecule has 0 aromatic carbocycles. The van der Waals surface area contributed by atoms with E-state index in [0.29, 0.717) is 6.04 Å². The van der Waals surface area contributed by atoms with Crippen LogP contribution in [0.3, 0.4) is 0 Å². The molecule has 0 aromatic heterocycles. The molecule has 2 unspecified atom stereocenters. The normalized spacial score (nSPS) is 29.6. The van der Waals surface area contributed by atoms with Gasteiger partial charge in [-0.25, -0.2) is 0 Å². The van der Waals surface area contributed by atoms with Crippen LogP contribution < -0.4 is 5.32 Å². The van der Waals surface area contributed by atoms with Crippen LogP contribution in [0.2, 0.25) is 0 Å². The highest BCUT2D eigenvalue weighted by atomic mass is 16.5. The van der Waals surface area contributed by atoms with Crippen LogP contribution in [-0.2, 0) is 4.74 Å². The fourth-order valence-corrected chi connectivity index (χ4v) is 3.03. The molecule has 0 amide bonds. The molecule has 17 heavy (non-hydrogen) atoms. The lowest BCUT2D eigenvalue weighted by molar-refractivity contribution is 0.162. The third kappa shape index (κ3) is 3.94. The van der Waals surface area contributed by atoms with E-state index in [0.717, 1.165) is 31.6 Å². The fraction of sp³-hybridized carbons (Fsp3) is 1.00. The summed E-state index contributed by atoms with van der Waals surface area (Å²) in [6.45, 7) is 11.5. The molecule has 0 radical (unpaired) electrons. The Hall–Kier alpha value is -0.120. The van der Waals surface area contributed by atoms with Crippen molar-refractivity contribution in [3.8, 4) is 0 Å². The Morgan fingerprint density at radius 1 is 1.29 bits per heavy atom. The van der Waals surface area contributed by atoms with Crippen LogP contribution in [0.1, 0.15) is 33.1 Å². The minimum Gasteiger partial charge on any atom is -0.381 e. The van der Waals surface area contributed by atoms with Crippen molar-refractivity contribution in [3.63, 3.8) is 0 Å². The minimum absolute atomic E-state index is 0.676. The molecule has 0 spiro atoms. The second kappa shape index (κ2) is 6.72. The molecular weight excluding hydrogens is 212 g/mol. The van der Waals surface area contributed by atoms with Crippen molar-refractivity contribution in [3.05, 3.63) is 0 Å². The Balaban J connectivity index is 1.64. The van der Waals surface area contributed by atoms with Gasteiger partial charge in [0.1, 0.15) is 0 Å². The molecule has 2 atom stereocenters. The number of likely N-dealkylation sites (tertiary alicyclic amines) is 1. The number of nitrogens with zero attached hydrogens (tertiary/aromatic N) is 1. The van der Waals surface area contributed by atoms with Gasteiger partial charge in [0.25, 0.3) is 0 Å². The predicted molar refractivity (Wildman–Crippen MR) is 71.2 cm³/mol. The topological polar surface area (TPSA) is 24.5 Å². The zero-order valence-corrected chi connectivity index (χ0v) is 11.5. The molecule has 2 rings (SSSR count). The third-order valence-corrected chi connectivity index (χ3v) is 4.54. The number of hydrogen-bond donors (Lipinski definition) is 1. The van der Waals surface area contributed by atoms with Crippen LogP contribution >= 0.6 is 0 Å². The molecule has 0 aromatic rings. The van der Waals surface area contributed by atoms with Gasteiger partial charge in [-0.2, -0.15) is 0 Å². The quantitative estimate of drug-likeness (QED) is 0.792. The van der Waals surface area contributed by atoms with Gasteiger partial charge in [0.15, 0.2) is 0 Å². The van der Waals surface area contributed by atoms with E-state index in [-0.39, 0.29) is 0 Å². The first-order chi connectivity index (χ1) is 8.29. The van der Waals surface area contributed by atoms with Gasteiger partial charge in [-0.1, -0.05) is 6.92 Å². The molecule has 3 nitrogen and oxygen atoms in total. The lowest BCUT2D eigenvalue weighted by Gasteiger charge is -2.35. The van der Waals surface area contributed by atoms with E-state index in [9.17, 15) is 0 Å². The van der Waals surface area contributed by atoms with Gasteiger partial charge < -0.3 is 15.0 Å². The SMILES string of the molecule is CCN1CCC(C(C)NCC2CCOC2)CC1. The molecule has 0 saturated carbocycles.